The monoisotopic (exact) mass is 371 g/mol. The molecule has 2 aromatic carbocycles. The summed E-state index contributed by atoms with van der Waals surface area (Å²) in [5, 5.41) is 0.324. The lowest BCUT2D eigenvalue weighted by molar-refractivity contribution is 0.00410. The maximum absolute atomic E-state index is 14.1. The Bertz CT molecular complexity index is 841. The van der Waals surface area contributed by atoms with Gasteiger partial charge in [-0.05, 0) is 37.6 Å². The van der Waals surface area contributed by atoms with Gasteiger partial charge in [0.05, 0.1) is 4.90 Å². The number of nitrogens with one attached hydrogen (secondary N) is 1. The van der Waals surface area contributed by atoms with Crippen molar-refractivity contribution >= 4 is 21.6 Å². The fourth-order valence-electron chi connectivity index (χ4n) is 2.34. The molecule has 2 aromatic rings. The van der Waals surface area contributed by atoms with Crippen LogP contribution < -0.4 is 4.72 Å². The summed E-state index contributed by atoms with van der Waals surface area (Å²) in [7, 11) is -2.41. The van der Waals surface area contributed by atoms with Gasteiger partial charge in [-0.2, -0.15) is 0 Å². The Balaban J connectivity index is 2.30. The van der Waals surface area contributed by atoms with E-state index >= 15 is 0 Å². The quantitative estimate of drug-likeness (QED) is 0.843. The summed E-state index contributed by atoms with van der Waals surface area (Å²) in [5.74, 6) is -0.458. The van der Waals surface area contributed by atoms with Crippen LogP contribution in [0.3, 0.4) is 0 Å². The summed E-state index contributed by atoms with van der Waals surface area (Å²) in [6, 6.07) is 10.7. The molecule has 0 amide bonds. The molecule has 4 nitrogen and oxygen atoms in total. The van der Waals surface area contributed by atoms with Gasteiger partial charge in [0.2, 0.25) is 10.0 Å². The third-order valence-corrected chi connectivity index (χ3v) is 5.71. The second-order valence-electron chi connectivity index (χ2n) is 5.65. The molecule has 0 saturated heterocycles. The highest BCUT2D eigenvalue weighted by Crippen LogP contribution is 2.27. The van der Waals surface area contributed by atoms with Crippen LogP contribution in [0.5, 0.6) is 0 Å². The van der Waals surface area contributed by atoms with Gasteiger partial charge in [-0.3, -0.25) is 0 Å². The molecule has 0 saturated carbocycles. The number of benzene rings is 2. The molecule has 0 heterocycles. The number of sulfonamides is 1. The largest absolute Gasteiger partial charge is 0.372 e. The van der Waals surface area contributed by atoms with Crippen molar-refractivity contribution in [2.45, 2.75) is 24.3 Å². The zero-order valence-electron chi connectivity index (χ0n) is 13.6. The number of rotatable bonds is 6. The molecular weight excluding hydrogens is 353 g/mol. The average Bonchev–Trinajstić information content (AvgIpc) is 2.55. The van der Waals surface area contributed by atoms with E-state index < -0.39 is 21.4 Å². The van der Waals surface area contributed by atoms with Crippen LogP contribution in [0.15, 0.2) is 47.4 Å². The van der Waals surface area contributed by atoms with E-state index in [4.69, 9.17) is 16.3 Å². The van der Waals surface area contributed by atoms with Crippen molar-refractivity contribution in [2.75, 3.05) is 13.7 Å². The minimum absolute atomic E-state index is 0.0852. The minimum atomic E-state index is -3.81. The number of ether oxygens (including phenoxy) is 1. The zero-order chi connectivity index (χ0) is 18.0. The molecule has 2 rings (SSSR count). The Morgan fingerprint density at radius 2 is 1.92 bits per heavy atom. The van der Waals surface area contributed by atoms with Gasteiger partial charge in [0.15, 0.2) is 0 Å². The summed E-state index contributed by atoms with van der Waals surface area (Å²) in [6.45, 7) is 3.18. The van der Waals surface area contributed by atoms with E-state index in [1.807, 2.05) is 0 Å². The van der Waals surface area contributed by atoms with Crippen molar-refractivity contribution in [3.05, 3.63) is 64.4 Å². The first-order chi connectivity index (χ1) is 11.2. The summed E-state index contributed by atoms with van der Waals surface area (Å²) in [6.07, 6.45) is 0. The van der Waals surface area contributed by atoms with Gasteiger partial charge in [0, 0.05) is 24.2 Å². The van der Waals surface area contributed by atoms with E-state index in [1.165, 1.54) is 19.2 Å². The summed E-state index contributed by atoms with van der Waals surface area (Å²) < 4.78 is 47.1. The van der Waals surface area contributed by atoms with Gasteiger partial charge in [0.25, 0.3) is 0 Å². The molecule has 0 radical (unpaired) electrons. The minimum Gasteiger partial charge on any atom is -0.372 e. The van der Waals surface area contributed by atoms with Crippen molar-refractivity contribution in [3.8, 4) is 0 Å². The number of hydrogen-bond donors (Lipinski definition) is 1. The molecular formula is C17H19ClFNO3S. The van der Waals surface area contributed by atoms with Crippen molar-refractivity contribution in [1.82, 2.24) is 4.72 Å². The fourth-order valence-corrected chi connectivity index (χ4v) is 3.97. The van der Waals surface area contributed by atoms with Gasteiger partial charge >= 0.3 is 0 Å². The van der Waals surface area contributed by atoms with Gasteiger partial charge < -0.3 is 4.74 Å². The van der Waals surface area contributed by atoms with E-state index in [0.717, 1.165) is 0 Å². The van der Waals surface area contributed by atoms with E-state index in [9.17, 15) is 12.8 Å². The summed E-state index contributed by atoms with van der Waals surface area (Å²) in [5.41, 5.74) is -0.305. The van der Waals surface area contributed by atoms with Crippen LogP contribution in [0.1, 0.15) is 18.1 Å². The topological polar surface area (TPSA) is 55.4 Å². The molecule has 24 heavy (non-hydrogen) atoms. The lowest BCUT2D eigenvalue weighted by Gasteiger charge is -2.29. The van der Waals surface area contributed by atoms with Gasteiger partial charge in [0.1, 0.15) is 11.4 Å². The number of hydrogen-bond acceptors (Lipinski definition) is 3. The number of halogens is 2. The second kappa shape index (κ2) is 7.19. The molecule has 0 unspecified atom stereocenters. The molecule has 0 fully saturated rings. The predicted octanol–water partition coefficient (Wildman–Crippen LogP) is 3.63. The van der Waals surface area contributed by atoms with E-state index in [0.29, 0.717) is 10.6 Å². The third kappa shape index (κ3) is 3.95. The van der Waals surface area contributed by atoms with Crippen LogP contribution in [-0.4, -0.2) is 22.1 Å². The molecule has 0 spiro atoms. The Labute approximate surface area is 146 Å². The van der Waals surface area contributed by atoms with E-state index in [-0.39, 0.29) is 17.0 Å². The van der Waals surface area contributed by atoms with Crippen molar-refractivity contribution < 1.29 is 17.5 Å². The van der Waals surface area contributed by atoms with Crippen LogP contribution in [0, 0.1) is 12.7 Å². The van der Waals surface area contributed by atoms with E-state index in [2.05, 4.69) is 4.72 Å². The Kier molecular flexibility index (Phi) is 5.65. The van der Waals surface area contributed by atoms with E-state index in [1.54, 1.807) is 44.2 Å². The zero-order valence-corrected chi connectivity index (χ0v) is 15.2. The molecule has 0 bridgehead atoms. The van der Waals surface area contributed by atoms with Gasteiger partial charge in [-0.1, -0.05) is 35.9 Å². The SMILES string of the molecule is CO[C@](C)(CNS(=O)(=O)c1cc(Cl)ccc1C)c1ccccc1F. The van der Waals surface area contributed by atoms with Gasteiger partial charge in [-0.15, -0.1) is 0 Å². The molecule has 0 aromatic heterocycles. The first-order valence-electron chi connectivity index (χ1n) is 7.25. The molecule has 130 valence electrons. The standard InChI is InChI=1S/C17H19ClFNO3S/c1-12-8-9-13(18)10-16(12)24(21,22)20-11-17(2,23-3)14-6-4-5-7-15(14)19/h4-10,20H,11H2,1-3H3/t17-/m1/s1. The molecule has 1 atom stereocenters. The van der Waals surface area contributed by atoms with Crippen molar-refractivity contribution in [1.29, 1.82) is 0 Å². The van der Waals surface area contributed by atoms with Gasteiger partial charge in [-0.25, -0.2) is 17.5 Å². The van der Waals surface area contributed by atoms with Crippen molar-refractivity contribution in [2.24, 2.45) is 0 Å². The lowest BCUT2D eigenvalue weighted by atomic mass is 9.95. The first kappa shape index (κ1) is 18.9. The Hall–Kier alpha value is -1.47. The van der Waals surface area contributed by atoms with Crippen LogP contribution in [0.4, 0.5) is 4.39 Å². The summed E-state index contributed by atoms with van der Waals surface area (Å²) in [4.78, 5) is 0.0852. The Morgan fingerprint density at radius 1 is 1.25 bits per heavy atom. The highest BCUT2D eigenvalue weighted by molar-refractivity contribution is 7.89. The lowest BCUT2D eigenvalue weighted by Crippen LogP contribution is -2.40. The molecule has 1 N–H and O–H groups in total. The van der Waals surface area contributed by atoms with Crippen LogP contribution in [0.25, 0.3) is 0 Å². The highest BCUT2D eigenvalue weighted by atomic mass is 35.5. The molecule has 0 aliphatic rings. The highest BCUT2D eigenvalue weighted by Gasteiger charge is 2.31. The molecule has 0 aliphatic heterocycles. The average molecular weight is 372 g/mol. The maximum atomic E-state index is 14.1. The number of methoxy groups -OCH3 is 1. The fraction of sp³-hybridized carbons (Fsp3) is 0.294. The predicted molar refractivity (Wildman–Crippen MR) is 92.1 cm³/mol. The smallest absolute Gasteiger partial charge is 0.240 e. The normalized spacial score (nSPS) is 14.4. The first-order valence-corrected chi connectivity index (χ1v) is 9.12. The van der Waals surface area contributed by atoms with Crippen LogP contribution >= 0.6 is 11.6 Å². The molecule has 7 heteroatoms. The second-order valence-corrected chi connectivity index (χ2v) is 7.82. The summed E-state index contributed by atoms with van der Waals surface area (Å²) >= 11 is 5.89. The van der Waals surface area contributed by atoms with Crippen LogP contribution in [-0.2, 0) is 20.4 Å². The number of aryl methyl sites for hydroxylation is 1. The molecule has 0 aliphatic carbocycles. The van der Waals surface area contributed by atoms with Crippen molar-refractivity contribution in [3.63, 3.8) is 0 Å². The Morgan fingerprint density at radius 3 is 2.54 bits per heavy atom. The maximum Gasteiger partial charge on any atom is 0.240 e. The third-order valence-electron chi connectivity index (χ3n) is 3.93. The van der Waals surface area contributed by atoms with Crippen LogP contribution in [0.2, 0.25) is 5.02 Å².